The molecule has 1 heterocycles. The van der Waals surface area contributed by atoms with Crippen molar-refractivity contribution in [3.8, 4) is 0 Å². The van der Waals surface area contributed by atoms with E-state index in [4.69, 9.17) is 0 Å². The predicted molar refractivity (Wildman–Crippen MR) is 94.4 cm³/mol. The molecule has 1 amide bonds. The first-order valence-corrected chi connectivity index (χ1v) is 8.21. The van der Waals surface area contributed by atoms with Crippen LogP contribution in [-0.4, -0.2) is 25.5 Å². The van der Waals surface area contributed by atoms with Gasteiger partial charge in [-0.3, -0.25) is 4.79 Å². The normalized spacial score (nSPS) is 17.9. The molecule has 0 bridgehead atoms. The van der Waals surface area contributed by atoms with E-state index in [0.29, 0.717) is 0 Å². The van der Waals surface area contributed by atoms with E-state index >= 15 is 0 Å². The fourth-order valence-corrected chi connectivity index (χ4v) is 2.89. The Morgan fingerprint density at radius 2 is 2.09 bits per heavy atom. The number of nitrogens with one attached hydrogen (secondary N) is 2. The Morgan fingerprint density at radius 1 is 1.39 bits per heavy atom. The van der Waals surface area contributed by atoms with Crippen LogP contribution < -0.4 is 10.6 Å². The molecule has 2 N–H and O–H groups in total. The molecule has 1 aromatic rings. The summed E-state index contributed by atoms with van der Waals surface area (Å²) in [6.07, 6.45) is 3.68. The Balaban J connectivity index is 0.00000264. The topological polar surface area (TPSA) is 41.1 Å². The molecular weight excluding hydrogens is 315 g/mol. The molecule has 0 aliphatic carbocycles. The van der Waals surface area contributed by atoms with Crippen LogP contribution in [0.2, 0.25) is 0 Å². The fraction of sp³-hybridized carbons (Fsp3) is 0.611. The molecule has 1 aliphatic rings. The van der Waals surface area contributed by atoms with E-state index in [0.717, 1.165) is 50.9 Å². The number of benzene rings is 1. The molecule has 1 atom stereocenters. The van der Waals surface area contributed by atoms with E-state index in [1.165, 1.54) is 6.07 Å². The third kappa shape index (κ3) is 6.48. The lowest BCUT2D eigenvalue weighted by molar-refractivity contribution is -0.125. The van der Waals surface area contributed by atoms with E-state index < -0.39 is 0 Å². The molecule has 0 spiro atoms. The molecule has 0 radical (unpaired) electrons. The van der Waals surface area contributed by atoms with Crippen molar-refractivity contribution in [2.45, 2.75) is 39.5 Å². The Labute approximate surface area is 144 Å². The quantitative estimate of drug-likeness (QED) is 0.832. The highest BCUT2D eigenvalue weighted by Gasteiger charge is 2.27. The molecule has 3 nitrogen and oxygen atoms in total. The summed E-state index contributed by atoms with van der Waals surface area (Å²) >= 11 is 0. The average Bonchev–Trinajstić information content (AvgIpc) is 2.51. The van der Waals surface area contributed by atoms with E-state index in [1.54, 1.807) is 12.1 Å². The Hall–Kier alpha value is -1.13. The molecule has 130 valence electrons. The van der Waals surface area contributed by atoms with Gasteiger partial charge in [0.2, 0.25) is 5.91 Å². The summed E-state index contributed by atoms with van der Waals surface area (Å²) in [7, 11) is 0. The lowest BCUT2D eigenvalue weighted by Crippen LogP contribution is -2.44. The van der Waals surface area contributed by atoms with Gasteiger partial charge in [-0.25, -0.2) is 4.39 Å². The minimum Gasteiger partial charge on any atom is -0.355 e. The molecule has 2 rings (SSSR count). The molecule has 1 unspecified atom stereocenters. The molecule has 23 heavy (non-hydrogen) atoms. The first-order valence-electron chi connectivity index (χ1n) is 8.21. The highest BCUT2D eigenvalue weighted by molar-refractivity contribution is 5.85. The van der Waals surface area contributed by atoms with Crippen molar-refractivity contribution in [2.24, 2.45) is 11.3 Å². The fourth-order valence-electron chi connectivity index (χ4n) is 2.89. The van der Waals surface area contributed by atoms with Crippen LogP contribution >= 0.6 is 12.4 Å². The Bertz CT molecular complexity index is 504. The van der Waals surface area contributed by atoms with Crippen LogP contribution in [0.3, 0.4) is 0 Å². The minimum absolute atomic E-state index is 0. The second kappa shape index (κ2) is 9.24. The van der Waals surface area contributed by atoms with Crippen molar-refractivity contribution < 1.29 is 9.18 Å². The lowest BCUT2D eigenvalue weighted by Gasteiger charge is -2.34. The van der Waals surface area contributed by atoms with Crippen LogP contribution in [-0.2, 0) is 11.2 Å². The summed E-state index contributed by atoms with van der Waals surface area (Å²) in [5.74, 6) is -0.154. The van der Waals surface area contributed by atoms with E-state index in [9.17, 15) is 9.18 Å². The van der Waals surface area contributed by atoms with Crippen molar-refractivity contribution in [3.63, 3.8) is 0 Å². The van der Waals surface area contributed by atoms with Crippen LogP contribution in [0.4, 0.5) is 4.39 Å². The van der Waals surface area contributed by atoms with Gasteiger partial charge in [-0.1, -0.05) is 26.0 Å². The zero-order valence-corrected chi connectivity index (χ0v) is 14.8. The summed E-state index contributed by atoms with van der Waals surface area (Å²) < 4.78 is 13.1. The monoisotopic (exact) mass is 342 g/mol. The summed E-state index contributed by atoms with van der Waals surface area (Å²) in [6.45, 7) is 6.99. The van der Waals surface area contributed by atoms with Gasteiger partial charge in [-0.05, 0) is 61.9 Å². The van der Waals surface area contributed by atoms with Crippen molar-refractivity contribution in [2.75, 3.05) is 19.6 Å². The zero-order chi connectivity index (χ0) is 16.0. The second-order valence-corrected chi connectivity index (χ2v) is 6.85. The molecule has 0 saturated carbocycles. The number of hydrogen-bond donors (Lipinski definition) is 2. The number of aryl methyl sites for hydroxylation is 1. The molecule has 1 fully saturated rings. The smallest absolute Gasteiger partial charge is 0.222 e. The van der Waals surface area contributed by atoms with Crippen molar-refractivity contribution in [1.29, 1.82) is 0 Å². The third-order valence-corrected chi connectivity index (χ3v) is 4.70. The maximum atomic E-state index is 13.1. The molecule has 1 aliphatic heterocycles. The summed E-state index contributed by atoms with van der Waals surface area (Å²) in [5, 5.41) is 6.45. The van der Waals surface area contributed by atoms with Gasteiger partial charge in [0, 0.05) is 12.5 Å². The van der Waals surface area contributed by atoms with Gasteiger partial charge in [-0.2, -0.15) is 0 Å². The lowest BCUT2D eigenvalue weighted by atomic mass is 9.81. The molecule has 0 aromatic heterocycles. The van der Waals surface area contributed by atoms with Gasteiger partial charge in [0.15, 0.2) is 0 Å². The van der Waals surface area contributed by atoms with Crippen molar-refractivity contribution in [3.05, 3.63) is 35.6 Å². The number of carbonyl (C=O) groups excluding carboxylic acids is 1. The van der Waals surface area contributed by atoms with Gasteiger partial charge in [0.1, 0.15) is 5.82 Å². The number of amides is 1. The first kappa shape index (κ1) is 19.9. The highest BCUT2D eigenvalue weighted by Crippen LogP contribution is 2.26. The van der Waals surface area contributed by atoms with Crippen LogP contribution in [0, 0.1) is 17.2 Å². The SMILES string of the molecule is CC(CCc1cccc(F)c1)C(=O)NCC1(C)CCNCC1.Cl. The maximum Gasteiger partial charge on any atom is 0.222 e. The average molecular weight is 343 g/mol. The Kier molecular flexibility index (Phi) is 8.00. The predicted octanol–water partition coefficient (Wildman–Crippen LogP) is 3.32. The number of rotatable bonds is 6. The molecule has 1 saturated heterocycles. The number of carbonyl (C=O) groups is 1. The van der Waals surface area contributed by atoms with E-state index in [1.807, 2.05) is 13.0 Å². The molecular formula is C18H28ClFN2O. The van der Waals surface area contributed by atoms with Crippen LogP contribution in [0.25, 0.3) is 0 Å². The van der Waals surface area contributed by atoms with Gasteiger partial charge in [-0.15, -0.1) is 12.4 Å². The summed E-state index contributed by atoms with van der Waals surface area (Å²) in [4.78, 5) is 12.2. The van der Waals surface area contributed by atoms with Crippen LogP contribution in [0.5, 0.6) is 0 Å². The number of halogens is 2. The summed E-state index contributed by atoms with van der Waals surface area (Å²) in [6, 6.07) is 6.61. The Morgan fingerprint density at radius 3 is 2.74 bits per heavy atom. The van der Waals surface area contributed by atoms with Crippen LogP contribution in [0.15, 0.2) is 24.3 Å². The second-order valence-electron chi connectivity index (χ2n) is 6.85. The van der Waals surface area contributed by atoms with E-state index in [2.05, 4.69) is 17.6 Å². The maximum absolute atomic E-state index is 13.1. The van der Waals surface area contributed by atoms with Crippen molar-refractivity contribution >= 4 is 18.3 Å². The number of piperidine rings is 1. The van der Waals surface area contributed by atoms with Crippen LogP contribution in [0.1, 0.15) is 38.7 Å². The van der Waals surface area contributed by atoms with Crippen molar-refractivity contribution in [1.82, 2.24) is 10.6 Å². The van der Waals surface area contributed by atoms with Gasteiger partial charge >= 0.3 is 0 Å². The van der Waals surface area contributed by atoms with E-state index in [-0.39, 0.29) is 35.5 Å². The highest BCUT2D eigenvalue weighted by atomic mass is 35.5. The van der Waals surface area contributed by atoms with Gasteiger partial charge in [0.05, 0.1) is 0 Å². The largest absolute Gasteiger partial charge is 0.355 e. The molecule has 1 aromatic carbocycles. The summed E-state index contributed by atoms with van der Waals surface area (Å²) in [5.41, 5.74) is 1.16. The van der Waals surface area contributed by atoms with Gasteiger partial charge < -0.3 is 10.6 Å². The third-order valence-electron chi connectivity index (χ3n) is 4.70. The first-order chi connectivity index (χ1) is 10.5. The number of hydrogen-bond acceptors (Lipinski definition) is 2. The standard InChI is InChI=1S/C18H27FN2O.ClH/c1-14(6-7-15-4-3-5-16(19)12-15)17(22)21-13-18(2)8-10-20-11-9-18;/h3-5,12,14,20H,6-11,13H2,1-2H3,(H,21,22);1H. The minimum atomic E-state index is -0.214. The zero-order valence-electron chi connectivity index (χ0n) is 14.0. The van der Waals surface area contributed by atoms with Gasteiger partial charge in [0.25, 0.3) is 0 Å². The molecule has 5 heteroatoms.